The highest BCUT2D eigenvalue weighted by Gasteiger charge is 2.41. The highest BCUT2D eigenvalue weighted by Crippen LogP contribution is 2.42. The van der Waals surface area contributed by atoms with Crippen molar-refractivity contribution in [2.45, 2.75) is 69.5 Å². The van der Waals surface area contributed by atoms with E-state index in [1.807, 2.05) is 0 Å². The van der Waals surface area contributed by atoms with E-state index < -0.39 is 0 Å². The third kappa shape index (κ3) is 3.46. The summed E-state index contributed by atoms with van der Waals surface area (Å²) < 4.78 is 6.48. The molecule has 2 nitrogen and oxygen atoms in total. The van der Waals surface area contributed by atoms with Crippen LogP contribution in [0.1, 0.15) is 57.8 Å². The lowest BCUT2D eigenvalue weighted by Crippen LogP contribution is -2.35. The molecule has 0 amide bonds. The first-order valence-corrected chi connectivity index (χ1v) is 8.79. The second kappa shape index (κ2) is 6.32. The molecule has 3 fully saturated rings. The molecule has 1 aliphatic carbocycles. The molecule has 1 spiro atoms. The Labute approximate surface area is 122 Å². The number of likely N-dealkylation sites (tertiary alicyclic amines) is 1. The maximum Gasteiger partial charge on any atom is 0.0710 e. The second-order valence-electron chi connectivity index (χ2n) is 6.91. The van der Waals surface area contributed by atoms with Gasteiger partial charge < -0.3 is 9.64 Å². The van der Waals surface area contributed by atoms with Crippen molar-refractivity contribution >= 4 is 11.6 Å². The summed E-state index contributed by atoms with van der Waals surface area (Å²) in [6.07, 6.45) is 12.5. The van der Waals surface area contributed by atoms with Gasteiger partial charge >= 0.3 is 0 Å². The van der Waals surface area contributed by atoms with Crippen molar-refractivity contribution in [2.24, 2.45) is 5.92 Å². The van der Waals surface area contributed by atoms with Gasteiger partial charge in [0.15, 0.2) is 0 Å². The average Bonchev–Trinajstić information content (AvgIpc) is 3.00. The van der Waals surface area contributed by atoms with Crippen molar-refractivity contribution in [2.75, 3.05) is 25.5 Å². The molecule has 0 aromatic rings. The Hall–Kier alpha value is 0.210. The fraction of sp³-hybridized carbons (Fsp3) is 1.00. The maximum absolute atomic E-state index is 6.48. The van der Waals surface area contributed by atoms with Gasteiger partial charge in [-0.3, -0.25) is 0 Å². The molecule has 0 radical (unpaired) electrons. The third-order valence-electron chi connectivity index (χ3n) is 5.45. The van der Waals surface area contributed by atoms with E-state index in [4.69, 9.17) is 16.3 Å². The summed E-state index contributed by atoms with van der Waals surface area (Å²) in [6.45, 7) is 3.68. The van der Waals surface area contributed by atoms with E-state index in [9.17, 15) is 0 Å². The molecule has 0 aromatic heterocycles. The quantitative estimate of drug-likeness (QED) is 0.728. The number of hydrogen-bond donors (Lipinski definition) is 0. The predicted molar refractivity (Wildman–Crippen MR) is 79.8 cm³/mol. The molecule has 2 atom stereocenters. The minimum atomic E-state index is 0.290. The van der Waals surface area contributed by atoms with Gasteiger partial charge in [0.1, 0.15) is 0 Å². The van der Waals surface area contributed by atoms with Gasteiger partial charge in [0.2, 0.25) is 0 Å². The zero-order valence-corrected chi connectivity index (χ0v) is 12.8. The van der Waals surface area contributed by atoms with Gasteiger partial charge in [-0.1, -0.05) is 19.3 Å². The highest BCUT2D eigenvalue weighted by molar-refractivity contribution is 6.17. The summed E-state index contributed by atoms with van der Waals surface area (Å²) in [5, 5.41) is 0. The van der Waals surface area contributed by atoms with E-state index >= 15 is 0 Å². The zero-order chi connectivity index (χ0) is 13.1. The predicted octanol–water partition coefficient (Wildman–Crippen LogP) is 3.82. The van der Waals surface area contributed by atoms with Crippen LogP contribution in [0.4, 0.5) is 0 Å². The van der Waals surface area contributed by atoms with Crippen LogP contribution in [0.15, 0.2) is 0 Å². The standard InChI is InChI=1S/C16H28ClNO/c17-10-5-14-6-11-18(12-14)13-15-4-9-16(19-15)7-2-1-3-8-16/h14-15H,1-13H2. The van der Waals surface area contributed by atoms with Gasteiger partial charge in [0, 0.05) is 19.0 Å². The summed E-state index contributed by atoms with van der Waals surface area (Å²) in [7, 11) is 0. The molecule has 3 heteroatoms. The molecular formula is C16H28ClNO. The average molecular weight is 286 g/mol. The lowest BCUT2D eigenvalue weighted by atomic mass is 9.83. The number of rotatable bonds is 4. The van der Waals surface area contributed by atoms with Crippen LogP contribution in [0.25, 0.3) is 0 Å². The minimum absolute atomic E-state index is 0.290. The normalized spacial score (nSPS) is 35.2. The van der Waals surface area contributed by atoms with Gasteiger partial charge in [0.25, 0.3) is 0 Å². The van der Waals surface area contributed by atoms with Crippen LogP contribution in [-0.4, -0.2) is 42.1 Å². The van der Waals surface area contributed by atoms with Gasteiger partial charge in [-0.25, -0.2) is 0 Å². The van der Waals surface area contributed by atoms with Gasteiger partial charge in [-0.05, 0) is 51.0 Å². The van der Waals surface area contributed by atoms with Crippen LogP contribution in [0.5, 0.6) is 0 Å². The molecule has 0 aromatic carbocycles. The first kappa shape index (κ1) is 14.2. The lowest BCUT2D eigenvalue weighted by Gasteiger charge is -2.34. The number of nitrogens with zero attached hydrogens (tertiary/aromatic N) is 1. The molecule has 3 aliphatic rings. The fourth-order valence-electron chi connectivity index (χ4n) is 4.34. The number of halogens is 1. The van der Waals surface area contributed by atoms with Crippen molar-refractivity contribution in [1.29, 1.82) is 0 Å². The van der Waals surface area contributed by atoms with Crippen LogP contribution in [0.3, 0.4) is 0 Å². The van der Waals surface area contributed by atoms with Crippen molar-refractivity contribution in [3.63, 3.8) is 0 Å². The van der Waals surface area contributed by atoms with Crippen LogP contribution in [0.2, 0.25) is 0 Å². The molecule has 2 unspecified atom stereocenters. The first-order valence-electron chi connectivity index (χ1n) is 8.26. The summed E-state index contributed by atoms with van der Waals surface area (Å²) in [6, 6.07) is 0. The smallest absolute Gasteiger partial charge is 0.0710 e. The molecule has 2 saturated heterocycles. The number of ether oxygens (including phenoxy) is 1. The van der Waals surface area contributed by atoms with Crippen LogP contribution in [0, 0.1) is 5.92 Å². The Morgan fingerprint density at radius 1 is 1.11 bits per heavy atom. The number of alkyl halides is 1. The molecule has 0 N–H and O–H groups in total. The van der Waals surface area contributed by atoms with Crippen LogP contribution < -0.4 is 0 Å². The van der Waals surface area contributed by atoms with E-state index in [2.05, 4.69) is 4.90 Å². The third-order valence-corrected chi connectivity index (χ3v) is 5.67. The Morgan fingerprint density at radius 2 is 1.95 bits per heavy atom. The SMILES string of the molecule is ClCCC1CCN(CC2CCC3(CCCCC3)O2)C1. The molecule has 110 valence electrons. The van der Waals surface area contributed by atoms with E-state index in [1.54, 1.807) is 0 Å². The Kier molecular flexibility index (Phi) is 4.71. The van der Waals surface area contributed by atoms with Crippen molar-refractivity contribution < 1.29 is 4.74 Å². The molecule has 19 heavy (non-hydrogen) atoms. The summed E-state index contributed by atoms with van der Waals surface area (Å²) in [5.74, 6) is 1.66. The largest absolute Gasteiger partial charge is 0.370 e. The summed E-state index contributed by atoms with van der Waals surface area (Å²) >= 11 is 5.85. The van der Waals surface area contributed by atoms with Crippen LogP contribution in [-0.2, 0) is 4.74 Å². The molecule has 2 aliphatic heterocycles. The summed E-state index contributed by atoms with van der Waals surface area (Å²) in [5.41, 5.74) is 0.290. The zero-order valence-electron chi connectivity index (χ0n) is 12.1. The van der Waals surface area contributed by atoms with E-state index in [0.717, 1.165) is 11.8 Å². The highest BCUT2D eigenvalue weighted by atomic mass is 35.5. The maximum atomic E-state index is 6.48. The van der Waals surface area contributed by atoms with E-state index in [-0.39, 0.29) is 5.60 Å². The Bertz CT molecular complexity index is 290. The van der Waals surface area contributed by atoms with Gasteiger partial charge in [-0.15, -0.1) is 11.6 Å². The molecule has 1 saturated carbocycles. The lowest BCUT2D eigenvalue weighted by molar-refractivity contribution is -0.0705. The van der Waals surface area contributed by atoms with Gasteiger partial charge in [0.05, 0.1) is 11.7 Å². The second-order valence-corrected chi connectivity index (χ2v) is 7.29. The van der Waals surface area contributed by atoms with Crippen molar-refractivity contribution in [3.05, 3.63) is 0 Å². The topological polar surface area (TPSA) is 12.5 Å². The monoisotopic (exact) mass is 285 g/mol. The molecular weight excluding hydrogens is 258 g/mol. The Balaban J connectivity index is 1.44. The van der Waals surface area contributed by atoms with Crippen molar-refractivity contribution in [1.82, 2.24) is 4.90 Å². The molecule has 2 heterocycles. The molecule has 0 bridgehead atoms. The minimum Gasteiger partial charge on any atom is -0.370 e. The van der Waals surface area contributed by atoms with E-state index in [0.29, 0.717) is 6.10 Å². The van der Waals surface area contributed by atoms with Crippen molar-refractivity contribution in [3.8, 4) is 0 Å². The van der Waals surface area contributed by atoms with E-state index in [1.165, 1.54) is 77.4 Å². The fourth-order valence-corrected chi connectivity index (χ4v) is 4.65. The first-order chi connectivity index (χ1) is 9.30. The number of hydrogen-bond acceptors (Lipinski definition) is 2. The van der Waals surface area contributed by atoms with Crippen LogP contribution >= 0.6 is 11.6 Å². The summed E-state index contributed by atoms with van der Waals surface area (Å²) in [4.78, 5) is 2.61. The Morgan fingerprint density at radius 3 is 2.74 bits per heavy atom. The van der Waals surface area contributed by atoms with Gasteiger partial charge in [-0.2, -0.15) is 0 Å². The molecule has 3 rings (SSSR count).